The molecule has 24 heavy (non-hydrogen) atoms. The zero-order valence-electron chi connectivity index (χ0n) is 14.0. The van der Waals surface area contributed by atoms with Crippen molar-refractivity contribution in [2.45, 2.75) is 37.8 Å². The number of morpholine rings is 1. The van der Waals surface area contributed by atoms with Gasteiger partial charge in [-0.05, 0) is 37.7 Å². The summed E-state index contributed by atoms with van der Waals surface area (Å²) in [5, 5.41) is 0. The minimum atomic E-state index is 0.155. The third kappa shape index (κ3) is 3.20. The smallest absolute Gasteiger partial charge is 0.320 e. The van der Waals surface area contributed by atoms with Crippen LogP contribution in [0.25, 0.3) is 0 Å². The average molecular weight is 331 g/mol. The molecule has 2 amide bonds. The highest BCUT2D eigenvalue weighted by Gasteiger charge is 2.44. The number of nitrogens with zero attached hydrogens (tertiary/aromatic N) is 3. The van der Waals surface area contributed by atoms with Crippen LogP contribution in [0.15, 0.2) is 24.4 Å². The highest BCUT2D eigenvalue weighted by atomic mass is 16.5. The summed E-state index contributed by atoms with van der Waals surface area (Å²) in [6.45, 7) is 3.80. The number of aromatic nitrogens is 1. The van der Waals surface area contributed by atoms with Crippen LogP contribution in [0, 0.1) is 5.92 Å². The largest absolute Gasteiger partial charge is 0.477 e. The van der Waals surface area contributed by atoms with Crippen molar-refractivity contribution < 1.29 is 14.3 Å². The van der Waals surface area contributed by atoms with Crippen LogP contribution >= 0.6 is 0 Å². The van der Waals surface area contributed by atoms with Gasteiger partial charge in [0, 0.05) is 31.9 Å². The third-order valence-corrected chi connectivity index (χ3v) is 5.36. The number of urea groups is 1. The van der Waals surface area contributed by atoms with Crippen molar-refractivity contribution in [3.8, 4) is 5.88 Å². The monoisotopic (exact) mass is 331 g/mol. The van der Waals surface area contributed by atoms with Gasteiger partial charge in [0.2, 0.25) is 5.88 Å². The maximum atomic E-state index is 12.8. The van der Waals surface area contributed by atoms with Crippen LogP contribution in [0.4, 0.5) is 4.79 Å². The van der Waals surface area contributed by atoms with Crippen LogP contribution in [-0.2, 0) is 4.74 Å². The number of hydrogen-bond acceptors (Lipinski definition) is 4. The molecule has 1 aromatic rings. The van der Waals surface area contributed by atoms with Gasteiger partial charge in [-0.15, -0.1) is 0 Å². The van der Waals surface area contributed by atoms with Crippen molar-refractivity contribution in [1.29, 1.82) is 0 Å². The molecule has 2 aliphatic heterocycles. The SMILES string of the molecule is O=C(N1CCCC1)N1CCO[C@@H]2CC(COc3ccccn3)C[C@H]21. The number of likely N-dealkylation sites (tertiary alicyclic amines) is 1. The van der Waals surface area contributed by atoms with Crippen molar-refractivity contribution >= 4 is 6.03 Å². The molecular weight excluding hydrogens is 306 g/mol. The molecule has 1 aromatic heterocycles. The number of carbonyl (C=O) groups is 1. The van der Waals surface area contributed by atoms with E-state index in [-0.39, 0.29) is 18.2 Å². The van der Waals surface area contributed by atoms with E-state index in [4.69, 9.17) is 9.47 Å². The van der Waals surface area contributed by atoms with E-state index in [1.165, 1.54) is 0 Å². The molecule has 0 N–H and O–H groups in total. The molecule has 3 heterocycles. The standard InChI is InChI=1S/C18H25N3O3/c22-18(20-7-3-4-8-20)21-9-10-23-16-12-14(11-15(16)21)13-24-17-5-1-2-6-19-17/h1-2,5-6,14-16H,3-4,7-13H2/t14?,15-,16-/m1/s1. The lowest BCUT2D eigenvalue weighted by Gasteiger charge is -2.39. The zero-order valence-corrected chi connectivity index (χ0v) is 14.0. The highest BCUT2D eigenvalue weighted by molar-refractivity contribution is 5.75. The quantitative estimate of drug-likeness (QED) is 0.852. The van der Waals surface area contributed by atoms with Gasteiger partial charge in [-0.2, -0.15) is 0 Å². The lowest BCUT2D eigenvalue weighted by Crippen LogP contribution is -2.55. The normalized spacial score (nSPS) is 29.6. The van der Waals surface area contributed by atoms with Crippen LogP contribution in [0.2, 0.25) is 0 Å². The Hall–Kier alpha value is -1.82. The fourth-order valence-corrected chi connectivity index (χ4v) is 4.15. The molecule has 0 bridgehead atoms. The third-order valence-electron chi connectivity index (χ3n) is 5.36. The Morgan fingerprint density at radius 1 is 1.25 bits per heavy atom. The molecule has 130 valence electrons. The van der Waals surface area contributed by atoms with Gasteiger partial charge in [-0.25, -0.2) is 9.78 Å². The highest BCUT2D eigenvalue weighted by Crippen LogP contribution is 2.35. The molecule has 6 heteroatoms. The number of rotatable bonds is 3. The molecule has 0 spiro atoms. The van der Waals surface area contributed by atoms with Crippen molar-refractivity contribution in [3.05, 3.63) is 24.4 Å². The minimum absolute atomic E-state index is 0.155. The van der Waals surface area contributed by atoms with Crippen molar-refractivity contribution in [3.63, 3.8) is 0 Å². The number of ether oxygens (including phenoxy) is 2. The summed E-state index contributed by atoms with van der Waals surface area (Å²) in [5.74, 6) is 1.08. The summed E-state index contributed by atoms with van der Waals surface area (Å²) in [6, 6.07) is 6.09. The van der Waals surface area contributed by atoms with Crippen LogP contribution in [-0.4, -0.2) is 65.8 Å². The summed E-state index contributed by atoms with van der Waals surface area (Å²) in [7, 11) is 0. The van der Waals surface area contributed by atoms with E-state index in [1.54, 1.807) is 6.20 Å². The molecule has 0 radical (unpaired) electrons. The van der Waals surface area contributed by atoms with E-state index in [0.29, 0.717) is 31.6 Å². The van der Waals surface area contributed by atoms with E-state index >= 15 is 0 Å². The van der Waals surface area contributed by atoms with Crippen LogP contribution in [0.1, 0.15) is 25.7 Å². The van der Waals surface area contributed by atoms with E-state index in [0.717, 1.165) is 38.8 Å². The van der Waals surface area contributed by atoms with E-state index in [1.807, 2.05) is 23.1 Å². The maximum Gasteiger partial charge on any atom is 0.320 e. The van der Waals surface area contributed by atoms with E-state index in [9.17, 15) is 4.79 Å². The first-order valence-electron chi connectivity index (χ1n) is 9.02. The molecular formula is C18H25N3O3. The predicted molar refractivity (Wildman–Crippen MR) is 88.9 cm³/mol. The van der Waals surface area contributed by atoms with E-state index < -0.39 is 0 Å². The molecule has 3 atom stereocenters. The van der Waals surface area contributed by atoms with Gasteiger partial charge < -0.3 is 19.3 Å². The average Bonchev–Trinajstić information content (AvgIpc) is 3.29. The maximum absolute atomic E-state index is 12.8. The van der Waals surface area contributed by atoms with Gasteiger partial charge in [0.05, 0.1) is 25.4 Å². The summed E-state index contributed by atoms with van der Waals surface area (Å²) in [4.78, 5) is 21.0. The lowest BCUT2D eigenvalue weighted by atomic mass is 10.1. The van der Waals surface area contributed by atoms with E-state index in [2.05, 4.69) is 9.88 Å². The lowest BCUT2D eigenvalue weighted by molar-refractivity contribution is -0.0430. The first kappa shape index (κ1) is 15.7. The van der Waals surface area contributed by atoms with Gasteiger partial charge in [0.1, 0.15) is 0 Å². The fraction of sp³-hybridized carbons (Fsp3) is 0.667. The Morgan fingerprint density at radius 3 is 2.92 bits per heavy atom. The first-order chi connectivity index (χ1) is 11.8. The Morgan fingerprint density at radius 2 is 2.12 bits per heavy atom. The first-order valence-corrected chi connectivity index (χ1v) is 9.02. The van der Waals surface area contributed by atoms with Gasteiger partial charge >= 0.3 is 6.03 Å². The topological polar surface area (TPSA) is 54.9 Å². The molecule has 3 fully saturated rings. The molecule has 1 unspecified atom stereocenters. The van der Waals surface area contributed by atoms with Crippen LogP contribution in [0.3, 0.4) is 0 Å². The van der Waals surface area contributed by atoms with Gasteiger partial charge in [-0.3, -0.25) is 0 Å². The molecule has 2 saturated heterocycles. The Bertz CT molecular complexity index is 562. The van der Waals surface area contributed by atoms with Crippen molar-refractivity contribution in [2.75, 3.05) is 32.8 Å². The number of amides is 2. The van der Waals surface area contributed by atoms with Gasteiger partial charge in [0.15, 0.2) is 0 Å². The number of carbonyl (C=O) groups excluding carboxylic acids is 1. The number of fused-ring (bicyclic) bond motifs is 1. The summed E-state index contributed by atoms with van der Waals surface area (Å²) in [6.07, 6.45) is 6.07. The Balaban J connectivity index is 1.36. The second-order valence-corrected chi connectivity index (χ2v) is 6.96. The summed E-state index contributed by atoms with van der Waals surface area (Å²) >= 11 is 0. The van der Waals surface area contributed by atoms with Crippen LogP contribution in [0.5, 0.6) is 5.88 Å². The fourth-order valence-electron chi connectivity index (χ4n) is 4.15. The number of hydrogen-bond donors (Lipinski definition) is 0. The minimum Gasteiger partial charge on any atom is -0.477 e. The zero-order chi connectivity index (χ0) is 16.4. The summed E-state index contributed by atoms with van der Waals surface area (Å²) in [5.41, 5.74) is 0. The second kappa shape index (κ2) is 6.97. The molecule has 0 aromatic carbocycles. The van der Waals surface area contributed by atoms with Gasteiger partial charge in [0.25, 0.3) is 0 Å². The van der Waals surface area contributed by atoms with Crippen molar-refractivity contribution in [1.82, 2.24) is 14.8 Å². The molecule has 4 rings (SSSR count). The van der Waals surface area contributed by atoms with Crippen LogP contribution < -0.4 is 4.74 Å². The van der Waals surface area contributed by atoms with Gasteiger partial charge in [-0.1, -0.05) is 6.07 Å². The summed E-state index contributed by atoms with van der Waals surface area (Å²) < 4.78 is 11.8. The Kier molecular flexibility index (Phi) is 4.56. The molecule has 3 aliphatic rings. The second-order valence-electron chi connectivity index (χ2n) is 6.96. The number of pyridine rings is 1. The molecule has 1 aliphatic carbocycles. The Labute approximate surface area is 142 Å². The molecule has 6 nitrogen and oxygen atoms in total. The van der Waals surface area contributed by atoms with Crippen molar-refractivity contribution in [2.24, 2.45) is 5.92 Å². The predicted octanol–water partition coefficient (Wildman–Crippen LogP) is 2.16. The molecule has 1 saturated carbocycles.